The van der Waals surface area contributed by atoms with Gasteiger partial charge in [-0.05, 0) is 31.0 Å². The molecule has 0 aliphatic carbocycles. The van der Waals surface area contributed by atoms with Crippen LogP contribution in [0.15, 0.2) is 18.2 Å². The van der Waals surface area contributed by atoms with Crippen molar-refractivity contribution in [2.45, 2.75) is 41.4 Å². The quantitative estimate of drug-likeness (QED) is 0.251. The topological polar surface area (TPSA) is 56.5 Å². The second kappa shape index (κ2) is 22.1. The number of hydrogen-bond donors (Lipinski definition) is 2. The van der Waals surface area contributed by atoms with E-state index in [-0.39, 0.29) is 41.0 Å². The first-order valence-corrected chi connectivity index (χ1v) is 6.91. The van der Waals surface area contributed by atoms with Gasteiger partial charge in [0.25, 0.3) is 0 Å². The van der Waals surface area contributed by atoms with Gasteiger partial charge in [0.2, 0.25) is 0 Å². The van der Waals surface area contributed by atoms with Crippen molar-refractivity contribution >= 4 is 52.9 Å². The highest BCUT2D eigenvalue weighted by molar-refractivity contribution is 6.36. The number of benzene rings is 1. The fraction of sp³-hybridized carbons (Fsp3) is 0.600. The number of nitrogens with one attached hydrogen (secondary N) is 1. The van der Waals surface area contributed by atoms with Gasteiger partial charge in [-0.1, -0.05) is 45.5 Å². The first kappa shape index (κ1) is 34.4. The van der Waals surface area contributed by atoms with Crippen molar-refractivity contribution in [1.82, 2.24) is 0 Å². The van der Waals surface area contributed by atoms with Gasteiger partial charge in [0, 0.05) is 25.1 Å². The normalized spacial score (nSPS) is 8.30. The molecular weight excluding hydrogens is 382 g/mol. The second-order valence-corrected chi connectivity index (χ2v) is 4.72. The number of hydrogen-bond acceptors (Lipinski definition) is 4. The lowest BCUT2D eigenvalue weighted by Crippen LogP contribution is -2.12. The number of nitrogen functional groups attached to an aromatic ring is 1. The average Bonchev–Trinajstić information content (AvgIpc) is 2.41. The highest BCUT2D eigenvalue weighted by Crippen LogP contribution is 2.23. The number of anilines is 1. The Kier molecular flexibility index (Phi) is 33.0. The molecule has 0 saturated heterocycles. The predicted octanol–water partition coefficient (Wildman–Crippen LogP) is 6.23. The fourth-order valence-electron chi connectivity index (χ4n) is 1.18. The number of nitrogens with two attached hydrogens (primary N) is 1. The zero-order valence-corrected chi connectivity index (χ0v) is 14.5. The van der Waals surface area contributed by atoms with Crippen LogP contribution < -0.4 is 11.3 Å². The molecule has 0 radical (unpaired) electrons. The van der Waals surface area contributed by atoms with E-state index in [0.717, 1.165) is 12.8 Å². The number of alkyl halides is 1. The molecule has 8 heteroatoms. The summed E-state index contributed by atoms with van der Waals surface area (Å²) >= 11 is 16.8. The van der Waals surface area contributed by atoms with Crippen molar-refractivity contribution in [2.24, 2.45) is 5.84 Å². The maximum absolute atomic E-state index is 5.70. The summed E-state index contributed by atoms with van der Waals surface area (Å²) in [5, 5.41) is 1.12. The van der Waals surface area contributed by atoms with Crippen LogP contribution in [0.3, 0.4) is 0 Å². The van der Waals surface area contributed by atoms with E-state index in [1.807, 2.05) is 0 Å². The van der Waals surface area contributed by atoms with E-state index in [1.165, 1.54) is 0 Å². The fourth-order valence-corrected chi connectivity index (χ4v) is 1.80. The smallest absolute Gasteiger partial charge is 0.156 e. The van der Waals surface area contributed by atoms with Gasteiger partial charge in [-0.25, -0.2) is 0 Å². The van der Waals surface area contributed by atoms with Crippen molar-refractivity contribution in [1.29, 1.82) is 0 Å². The van der Waals surface area contributed by atoms with Crippen LogP contribution in [0.4, 0.5) is 5.69 Å². The van der Waals surface area contributed by atoms with Crippen molar-refractivity contribution in [3.05, 3.63) is 28.2 Å². The Morgan fingerprint density at radius 3 is 2.00 bits per heavy atom. The lowest BCUT2D eigenvalue weighted by Gasteiger charge is -2.11. The lowest BCUT2D eigenvalue weighted by atomic mass is 10.3. The van der Waals surface area contributed by atoms with Gasteiger partial charge < -0.3 is 14.9 Å². The molecule has 0 aliphatic rings. The zero-order chi connectivity index (χ0) is 14.7. The van der Waals surface area contributed by atoms with Gasteiger partial charge in [0.15, 0.2) is 6.29 Å². The molecular formula is C15H32Cl4N2O2. The van der Waals surface area contributed by atoms with E-state index >= 15 is 0 Å². The summed E-state index contributed by atoms with van der Waals surface area (Å²) in [6.45, 7) is 0. The van der Waals surface area contributed by atoms with Crippen LogP contribution in [-0.4, -0.2) is 26.4 Å². The van der Waals surface area contributed by atoms with Crippen LogP contribution in [-0.2, 0) is 9.47 Å². The van der Waals surface area contributed by atoms with Crippen LogP contribution in [0.25, 0.3) is 0 Å². The average molecular weight is 414 g/mol. The number of rotatable bonds is 6. The maximum Gasteiger partial charge on any atom is 0.156 e. The number of ether oxygens (including phenoxy) is 2. The molecule has 1 aromatic carbocycles. The third-order valence-electron chi connectivity index (χ3n) is 2.19. The van der Waals surface area contributed by atoms with Crippen LogP contribution in [0.1, 0.15) is 35.1 Å². The number of halogens is 4. The molecule has 0 fully saturated rings. The Bertz CT molecular complexity index is 354. The Morgan fingerprint density at radius 1 is 1.13 bits per heavy atom. The first-order valence-electron chi connectivity index (χ1n) is 5.62. The summed E-state index contributed by atoms with van der Waals surface area (Å²) in [5.74, 6) is 5.79. The Labute approximate surface area is 163 Å². The van der Waals surface area contributed by atoms with Crippen molar-refractivity contribution in [2.75, 3.05) is 25.5 Å². The van der Waals surface area contributed by atoms with Crippen LogP contribution in [0, 0.1) is 0 Å². The van der Waals surface area contributed by atoms with E-state index in [0.29, 0.717) is 21.6 Å². The molecule has 1 aromatic rings. The maximum atomic E-state index is 5.70. The molecule has 142 valence electrons. The molecule has 0 heterocycles. The molecule has 3 N–H and O–H groups in total. The van der Waals surface area contributed by atoms with Crippen LogP contribution >= 0.6 is 47.2 Å². The summed E-state index contributed by atoms with van der Waals surface area (Å²) in [7, 11) is 3.25. The second-order valence-electron chi connectivity index (χ2n) is 3.50. The van der Waals surface area contributed by atoms with E-state index in [1.54, 1.807) is 32.4 Å². The van der Waals surface area contributed by atoms with Gasteiger partial charge in [-0.2, -0.15) is 0 Å². The Morgan fingerprint density at radius 2 is 1.65 bits per heavy atom. The molecule has 1 rings (SSSR count). The third-order valence-corrected chi connectivity index (χ3v) is 3.00. The summed E-state index contributed by atoms with van der Waals surface area (Å²) < 4.78 is 9.84. The van der Waals surface area contributed by atoms with E-state index in [4.69, 9.17) is 50.1 Å². The minimum Gasteiger partial charge on any atom is -0.356 e. The van der Waals surface area contributed by atoms with Crippen molar-refractivity contribution in [3.63, 3.8) is 0 Å². The summed E-state index contributed by atoms with van der Waals surface area (Å²) in [5.41, 5.74) is 3.10. The number of methoxy groups -OCH3 is 2. The minimum absolute atomic E-state index is 0. The monoisotopic (exact) mass is 412 g/mol. The third kappa shape index (κ3) is 16.7. The van der Waals surface area contributed by atoms with Crippen molar-refractivity contribution in [3.8, 4) is 0 Å². The van der Waals surface area contributed by atoms with Gasteiger partial charge in [0.05, 0.1) is 10.7 Å². The molecule has 0 unspecified atom stereocenters. The SMILES string of the molecule is C.C.C.COC(CCCCl)OC.Cl.NNc1ccc(Cl)cc1Cl. The highest BCUT2D eigenvalue weighted by Gasteiger charge is 2.01. The molecule has 0 saturated carbocycles. The minimum atomic E-state index is -0.0799. The largest absolute Gasteiger partial charge is 0.356 e. The number of hydrazine groups is 1. The van der Waals surface area contributed by atoms with Crippen LogP contribution in [0.2, 0.25) is 10.0 Å². The lowest BCUT2D eigenvalue weighted by molar-refractivity contribution is -0.106. The molecule has 23 heavy (non-hydrogen) atoms. The van der Waals surface area contributed by atoms with E-state index in [2.05, 4.69) is 5.43 Å². The first-order chi connectivity index (χ1) is 9.08. The molecule has 0 spiro atoms. The summed E-state index contributed by atoms with van der Waals surface area (Å²) in [4.78, 5) is 0. The summed E-state index contributed by atoms with van der Waals surface area (Å²) in [6, 6.07) is 5.05. The van der Waals surface area contributed by atoms with E-state index < -0.39 is 0 Å². The molecule has 0 aliphatic heterocycles. The van der Waals surface area contributed by atoms with Gasteiger partial charge >= 0.3 is 0 Å². The summed E-state index contributed by atoms with van der Waals surface area (Å²) in [6.07, 6.45) is 1.73. The van der Waals surface area contributed by atoms with Crippen molar-refractivity contribution < 1.29 is 9.47 Å². The van der Waals surface area contributed by atoms with Gasteiger partial charge in [0.1, 0.15) is 0 Å². The molecule has 0 bridgehead atoms. The predicted molar refractivity (Wildman–Crippen MR) is 109 cm³/mol. The van der Waals surface area contributed by atoms with E-state index in [9.17, 15) is 0 Å². The highest BCUT2D eigenvalue weighted by atomic mass is 35.5. The Balaban J connectivity index is -0.0000000804. The molecule has 0 aromatic heterocycles. The standard InChI is InChI=1S/C6H6Cl2N2.C6H13ClO2.3CH4.ClH/c7-4-1-2-6(10-9)5(8)3-4;1-8-6(9-2)4-3-5-7;;;;/h1-3,10H,9H2;6H,3-5H2,1-2H3;3*1H4;1H. The zero-order valence-electron chi connectivity index (χ0n) is 11.4. The Hall–Kier alpha value is 0.0600. The van der Waals surface area contributed by atoms with Gasteiger partial charge in [-0.3, -0.25) is 5.84 Å². The molecule has 4 nitrogen and oxygen atoms in total. The molecule has 0 amide bonds. The van der Waals surface area contributed by atoms with Crippen LogP contribution in [0.5, 0.6) is 0 Å². The molecule has 0 atom stereocenters. The van der Waals surface area contributed by atoms with Gasteiger partial charge in [-0.15, -0.1) is 24.0 Å².